The van der Waals surface area contributed by atoms with Crippen LogP contribution in [-0.4, -0.2) is 49.3 Å². The SMILES string of the molecule is CC/C=C\C/C=C\C/C=C\C/C=C\CCCCCCCCCCCCCCCCCCC(=O)OC(COC(=O)CCCCCCCCCCCCCCCCCCCCCCCCCCCCCCCCCCCCCCC)COP(=O)(O)OCCN. The number of hydrogen-bond donors (Lipinski definition) is 2. The van der Waals surface area contributed by atoms with Gasteiger partial charge in [-0.25, -0.2) is 4.57 Å². The third kappa shape index (κ3) is 72.9. The van der Waals surface area contributed by atoms with Crippen LogP contribution in [0, 0.1) is 0 Å². The molecule has 3 N–H and O–H groups in total. The summed E-state index contributed by atoms with van der Waals surface area (Å²) in [5.74, 6) is -0.806. The Morgan fingerprint density at radius 1 is 0.356 bits per heavy atom. The van der Waals surface area contributed by atoms with Gasteiger partial charge >= 0.3 is 19.8 Å². The van der Waals surface area contributed by atoms with Gasteiger partial charge in [-0.05, 0) is 51.4 Å². The lowest BCUT2D eigenvalue weighted by molar-refractivity contribution is -0.161. The number of allylic oxidation sites excluding steroid dienone is 8. The van der Waals surface area contributed by atoms with Gasteiger partial charge in [0.2, 0.25) is 0 Å². The molecule has 0 aromatic heterocycles. The number of ether oxygens (including phenoxy) is 2. The van der Waals surface area contributed by atoms with E-state index in [-0.39, 0.29) is 38.6 Å². The zero-order valence-corrected chi connectivity index (χ0v) is 58.7. The number of carbonyl (C=O) groups excluding carboxylic acids is 2. The maximum atomic E-state index is 12.8. The van der Waals surface area contributed by atoms with Crippen molar-refractivity contribution in [2.45, 2.75) is 405 Å². The van der Waals surface area contributed by atoms with Crippen molar-refractivity contribution >= 4 is 19.8 Å². The Morgan fingerprint density at radius 2 is 0.632 bits per heavy atom. The molecule has 0 aromatic carbocycles. The summed E-state index contributed by atoms with van der Waals surface area (Å²) in [5, 5.41) is 0. The second kappa shape index (κ2) is 73.0. The lowest BCUT2D eigenvalue weighted by Gasteiger charge is -2.19. The van der Waals surface area contributed by atoms with E-state index in [1.54, 1.807) is 0 Å². The number of unbranched alkanes of at least 4 members (excludes halogenated alkanes) is 52. The molecule has 0 aliphatic carbocycles. The molecule has 0 aromatic rings. The quantitative estimate of drug-likeness (QED) is 0.0264. The standard InChI is InChI=1S/C77H146NO8P/c1-3-5-7-9-11-13-15-17-19-21-23-25-27-29-31-33-34-35-36-37-38-39-40-42-43-45-47-49-51-53-55-57-59-61-63-65-67-69-76(79)83-73-75(74-85-87(81,82)84-72-71-78)86-77(80)70-68-66-64-62-60-58-56-54-52-50-48-46-44-41-32-30-28-26-24-22-20-18-16-14-12-10-8-6-4-2/h6,8,12,14,18,20,24,26,75H,3-5,7,9-11,13,15-17,19,21-23,25,27-74,78H2,1-2H3,(H,81,82)/b8-6-,14-12-,20-18-,26-24-. The summed E-state index contributed by atoms with van der Waals surface area (Å²) in [5.41, 5.74) is 5.41. The zero-order valence-electron chi connectivity index (χ0n) is 57.8. The Morgan fingerprint density at radius 3 is 0.943 bits per heavy atom. The highest BCUT2D eigenvalue weighted by Gasteiger charge is 2.26. The summed E-state index contributed by atoms with van der Waals surface area (Å²) in [6.45, 7) is 3.71. The third-order valence-electron chi connectivity index (χ3n) is 17.2. The number of phosphoric ester groups is 1. The van der Waals surface area contributed by atoms with E-state index in [9.17, 15) is 19.0 Å². The molecule has 0 bridgehead atoms. The van der Waals surface area contributed by atoms with Crippen LogP contribution < -0.4 is 5.73 Å². The molecule has 9 nitrogen and oxygen atoms in total. The second-order valence-electron chi connectivity index (χ2n) is 25.9. The predicted octanol–water partition coefficient (Wildman–Crippen LogP) is 25.2. The molecule has 0 rings (SSSR count). The Hall–Kier alpha value is -2.03. The molecule has 2 unspecified atom stereocenters. The number of carbonyl (C=O) groups is 2. The minimum absolute atomic E-state index is 0.0551. The number of phosphoric acid groups is 1. The molecular weight excluding hydrogens is 1100 g/mol. The van der Waals surface area contributed by atoms with Gasteiger partial charge in [0.1, 0.15) is 6.61 Å². The van der Waals surface area contributed by atoms with Crippen molar-refractivity contribution < 1.29 is 37.6 Å². The van der Waals surface area contributed by atoms with Gasteiger partial charge in [0.25, 0.3) is 0 Å². The van der Waals surface area contributed by atoms with Crippen LogP contribution in [0.3, 0.4) is 0 Å². The maximum absolute atomic E-state index is 12.8. The fourth-order valence-corrected chi connectivity index (χ4v) is 12.4. The normalized spacial score (nSPS) is 13.1. The first kappa shape index (κ1) is 85.0. The number of rotatable bonds is 73. The van der Waals surface area contributed by atoms with Gasteiger partial charge < -0.3 is 20.1 Å². The van der Waals surface area contributed by atoms with Gasteiger partial charge in [0, 0.05) is 19.4 Å². The van der Waals surface area contributed by atoms with E-state index in [0.29, 0.717) is 6.42 Å². The number of nitrogens with two attached hydrogens (primary N) is 1. The van der Waals surface area contributed by atoms with E-state index >= 15 is 0 Å². The molecule has 0 saturated carbocycles. The summed E-state index contributed by atoms with van der Waals surface area (Å²) >= 11 is 0. The minimum Gasteiger partial charge on any atom is -0.462 e. The topological polar surface area (TPSA) is 134 Å². The van der Waals surface area contributed by atoms with Crippen LogP contribution in [0.2, 0.25) is 0 Å². The summed E-state index contributed by atoms with van der Waals surface area (Å²) in [4.78, 5) is 35.4. The molecule has 0 radical (unpaired) electrons. The molecule has 0 fully saturated rings. The van der Waals surface area contributed by atoms with Crippen LogP contribution in [0.15, 0.2) is 48.6 Å². The third-order valence-corrected chi connectivity index (χ3v) is 18.2. The molecule has 0 aliphatic heterocycles. The highest BCUT2D eigenvalue weighted by atomic mass is 31.2. The largest absolute Gasteiger partial charge is 0.472 e. The lowest BCUT2D eigenvalue weighted by atomic mass is 10.0. The molecule has 10 heteroatoms. The highest BCUT2D eigenvalue weighted by molar-refractivity contribution is 7.47. The minimum atomic E-state index is -4.39. The Balaban J connectivity index is 3.76. The van der Waals surface area contributed by atoms with Crippen molar-refractivity contribution in [3.05, 3.63) is 48.6 Å². The van der Waals surface area contributed by atoms with Gasteiger partial charge in [-0.2, -0.15) is 0 Å². The van der Waals surface area contributed by atoms with E-state index in [0.717, 1.165) is 64.2 Å². The average molecular weight is 1240 g/mol. The zero-order chi connectivity index (χ0) is 63.0. The Labute approximate surface area is 540 Å². The molecule has 0 amide bonds. The van der Waals surface area contributed by atoms with Crippen LogP contribution in [0.5, 0.6) is 0 Å². The van der Waals surface area contributed by atoms with E-state index < -0.39 is 26.5 Å². The van der Waals surface area contributed by atoms with Gasteiger partial charge in [0.15, 0.2) is 6.10 Å². The van der Waals surface area contributed by atoms with E-state index in [2.05, 4.69) is 62.5 Å². The van der Waals surface area contributed by atoms with E-state index in [1.165, 1.54) is 302 Å². The van der Waals surface area contributed by atoms with Crippen molar-refractivity contribution in [3.63, 3.8) is 0 Å². The summed E-state index contributed by atoms with van der Waals surface area (Å²) < 4.78 is 33.2. The van der Waals surface area contributed by atoms with E-state index in [1.807, 2.05) is 0 Å². The molecule has 87 heavy (non-hydrogen) atoms. The van der Waals surface area contributed by atoms with Crippen LogP contribution in [0.1, 0.15) is 399 Å². The smallest absolute Gasteiger partial charge is 0.462 e. The summed E-state index contributed by atoms with van der Waals surface area (Å²) in [6.07, 6.45) is 93.9. The maximum Gasteiger partial charge on any atom is 0.472 e. The fraction of sp³-hybridized carbons (Fsp3) is 0.870. The van der Waals surface area contributed by atoms with Crippen LogP contribution in [-0.2, 0) is 32.7 Å². The molecule has 0 aliphatic rings. The van der Waals surface area contributed by atoms with Crippen molar-refractivity contribution in [2.24, 2.45) is 5.73 Å². The number of esters is 2. The highest BCUT2D eigenvalue weighted by Crippen LogP contribution is 2.43. The van der Waals surface area contributed by atoms with Crippen molar-refractivity contribution in [2.75, 3.05) is 26.4 Å². The first-order valence-electron chi connectivity index (χ1n) is 38.1. The summed E-state index contributed by atoms with van der Waals surface area (Å²) in [7, 11) is -4.39. The first-order chi connectivity index (χ1) is 42.8. The Bertz CT molecular complexity index is 1570. The van der Waals surface area contributed by atoms with Crippen molar-refractivity contribution in [3.8, 4) is 0 Å². The van der Waals surface area contributed by atoms with E-state index in [4.69, 9.17) is 24.3 Å². The molecule has 2 atom stereocenters. The second-order valence-corrected chi connectivity index (χ2v) is 27.3. The van der Waals surface area contributed by atoms with Gasteiger partial charge in [-0.15, -0.1) is 0 Å². The van der Waals surface area contributed by atoms with Gasteiger partial charge in [-0.1, -0.05) is 383 Å². The Kier molecular flexibility index (Phi) is 71.3. The van der Waals surface area contributed by atoms with Crippen LogP contribution in [0.4, 0.5) is 0 Å². The molecule has 0 heterocycles. The van der Waals surface area contributed by atoms with Crippen molar-refractivity contribution in [1.82, 2.24) is 0 Å². The van der Waals surface area contributed by atoms with Crippen molar-refractivity contribution in [1.29, 1.82) is 0 Å². The lowest BCUT2D eigenvalue weighted by Crippen LogP contribution is -2.29. The molecule has 512 valence electrons. The fourth-order valence-electron chi connectivity index (χ4n) is 11.6. The summed E-state index contributed by atoms with van der Waals surface area (Å²) in [6, 6.07) is 0. The average Bonchev–Trinajstić information content (AvgIpc) is 3.63. The van der Waals surface area contributed by atoms with Gasteiger partial charge in [0.05, 0.1) is 13.2 Å². The monoisotopic (exact) mass is 1240 g/mol. The van der Waals surface area contributed by atoms with Crippen LogP contribution in [0.25, 0.3) is 0 Å². The van der Waals surface area contributed by atoms with Crippen LogP contribution >= 0.6 is 7.82 Å². The first-order valence-corrected chi connectivity index (χ1v) is 39.6. The van der Waals surface area contributed by atoms with Gasteiger partial charge in [-0.3, -0.25) is 18.6 Å². The molecule has 0 spiro atoms. The number of hydrogen-bond acceptors (Lipinski definition) is 8. The predicted molar refractivity (Wildman–Crippen MR) is 377 cm³/mol. The molecular formula is C77H146NO8P. The molecule has 0 saturated heterocycles.